The van der Waals surface area contributed by atoms with Gasteiger partial charge in [0.1, 0.15) is 11.9 Å². The molecule has 18 heavy (non-hydrogen) atoms. The molecule has 92 valence electrons. The molecule has 1 unspecified atom stereocenters. The number of rotatable bonds is 2. The van der Waals surface area contributed by atoms with Gasteiger partial charge in [-0.3, -0.25) is 0 Å². The standard InChI is InChI=1S/C15H14O3/c1-17-13-4-2-3-11-9-14(18-15(11)13)10-5-7-12(16)8-6-10/h2-8,14,16H,9H2,1H3. The number of hydrogen-bond acceptors (Lipinski definition) is 3. The lowest BCUT2D eigenvalue weighted by Gasteiger charge is -2.12. The summed E-state index contributed by atoms with van der Waals surface area (Å²) in [5.41, 5.74) is 2.22. The minimum atomic E-state index is -0.00287. The van der Waals surface area contributed by atoms with Crippen LogP contribution in [0.2, 0.25) is 0 Å². The number of phenols is 1. The van der Waals surface area contributed by atoms with Gasteiger partial charge in [0.05, 0.1) is 7.11 Å². The molecule has 3 rings (SSSR count). The number of benzene rings is 2. The van der Waals surface area contributed by atoms with Crippen molar-refractivity contribution in [2.75, 3.05) is 7.11 Å². The maximum atomic E-state index is 9.29. The lowest BCUT2D eigenvalue weighted by Crippen LogP contribution is -2.02. The summed E-state index contributed by atoms with van der Waals surface area (Å²) in [6, 6.07) is 13.1. The van der Waals surface area contributed by atoms with Gasteiger partial charge in [-0.1, -0.05) is 24.3 Å². The summed E-state index contributed by atoms with van der Waals surface area (Å²) in [7, 11) is 1.65. The Hall–Kier alpha value is -2.16. The van der Waals surface area contributed by atoms with E-state index < -0.39 is 0 Å². The van der Waals surface area contributed by atoms with Gasteiger partial charge in [-0.15, -0.1) is 0 Å². The minimum Gasteiger partial charge on any atom is -0.508 e. The third-order valence-electron chi connectivity index (χ3n) is 3.21. The van der Waals surface area contributed by atoms with Crippen LogP contribution in [0.25, 0.3) is 0 Å². The number of para-hydroxylation sites is 1. The first-order valence-electron chi connectivity index (χ1n) is 5.89. The highest BCUT2D eigenvalue weighted by Gasteiger charge is 2.26. The molecule has 0 amide bonds. The van der Waals surface area contributed by atoms with Crippen molar-refractivity contribution < 1.29 is 14.6 Å². The number of phenolic OH excluding ortho intramolecular Hbond substituents is 1. The van der Waals surface area contributed by atoms with Crippen LogP contribution in [0.5, 0.6) is 17.2 Å². The molecule has 0 radical (unpaired) electrons. The minimum absolute atomic E-state index is 0.00287. The lowest BCUT2D eigenvalue weighted by molar-refractivity contribution is 0.228. The predicted octanol–water partition coefficient (Wildman–Crippen LogP) is 3.08. The van der Waals surface area contributed by atoms with E-state index in [-0.39, 0.29) is 11.9 Å². The summed E-state index contributed by atoms with van der Waals surface area (Å²) < 4.78 is 11.2. The largest absolute Gasteiger partial charge is 0.508 e. The van der Waals surface area contributed by atoms with Gasteiger partial charge in [0.25, 0.3) is 0 Å². The van der Waals surface area contributed by atoms with Crippen molar-refractivity contribution >= 4 is 0 Å². The van der Waals surface area contributed by atoms with Gasteiger partial charge < -0.3 is 14.6 Å². The fourth-order valence-corrected chi connectivity index (χ4v) is 2.28. The zero-order chi connectivity index (χ0) is 12.5. The highest BCUT2D eigenvalue weighted by atomic mass is 16.5. The molecule has 2 aromatic rings. The quantitative estimate of drug-likeness (QED) is 0.879. The zero-order valence-corrected chi connectivity index (χ0v) is 10.1. The monoisotopic (exact) mass is 242 g/mol. The summed E-state index contributed by atoms with van der Waals surface area (Å²) in [4.78, 5) is 0. The first kappa shape index (κ1) is 11.0. The molecule has 0 saturated carbocycles. The Morgan fingerprint density at radius 3 is 2.67 bits per heavy atom. The molecule has 0 fully saturated rings. The molecule has 0 aliphatic carbocycles. The van der Waals surface area contributed by atoms with Crippen molar-refractivity contribution in [3.8, 4) is 17.2 Å². The number of ether oxygens (including phenoxy) is 2. The molecule has 3 heteroatoms. The third-order valence-corrected chi connectivity index (χ3v) is 3.21. The number of fused-ring (bicyclic) bond motifs is 1. The first-order valence-corrected chi connectivity index (χ1v) is 5.89. The van der Waals surface area contributed by atoms with Crippen LogP contribution < -0.4 is 9.47 Å². The fourth-order valence-electron chi connectivity index (χ4n) is 2.28. The molecular formula is C15H14O3. The number of hydrogen-bond donors (Lipinski definition) is 1. The van der Waals surface area contributed by atoms with Gasteiger partial charge in [0.15, 0.2) is 11.5 Å². The predicted molar refractivity (Wildman–Crippen MR) is 68.2 cm³/mol. The van der Waals surface area contributed by atoms with Crippen molar-refractivity contribution in [2.45, 2.75) is 12.5 Å². The Bertz CT molecular complexity index is 560. The van der Waals surface area contributed by atoms with Crippen LogP contribution in [0.4, 0.5) is 0 Å². The van der Waals surface area contributed by atoms with Crippen LogP contribution in [0, 0.1) is 0 Å². The van der Waals surface area contributed by atoms with E-state index in [0.29, 0.717) is 0 Å². The van der Waals surface area contributed by atoms with Gasteiger partial charge in [0, 0.05) is 12.0 Å². The zero-order valence-electron chi connectivity index (χ0n) is 10.1. The van der Waals surface area contributed by atoms with Crippen molar-refractivity contribution in [2.24, 2.45) is 0 Å². The van der Waals surface area contributed by atoms with E-state index in [9.17, 15) is 5.11 Å². The van der Waals surface area contributed by atoms with Gasteiger partial charge in [-0.25, -0.2) is 0 Å². The SMILES string of the molecule is COc1cccc2c1OC(c1ccc(O)cc1)C2. The van der Waals surface area contributed by atoms with Gasteiger partial charge in [-0.2, -0.15) is 0 Å². The third kappa shape index (κ3) is 1.78. The lowest BCUT2D eigenvalue weighted by atomic mass is 10.0. The molecule has 1 N–H and O–H groups in total. The highest BCUT2D eigenvalue weighted by molar-refractivity contribution is 5.50. The number of methoxy groups -OCH3 is 1. The molecular weight excluding hydrogens is 228 g/mol. The first-order chi connectivity index (χ1) is 8.78. The average molecular weight is 242 g/mol. The van der Waals surface area contributed by atoms with Crippen LogP contribution in [0.3, 0.4) is 0 Å². The molecule has 1 aliphatic heterocycles. The summed E-state index contributed by atoms with van der Waals surface area (Å²) in [6.45, 7) is 0. The maximum absolute atomic E-state index is 9.29. The summed E-state index contributed by atoms with van der Waals surface area (Å²) >= 11 is 0. The summed E-state index contributed by atoms with van der Waals surface area (Å²) in [5.74, 6) is 1.87. The van der Waals surface area contributed by atoms with Crippen LogP contribution in [0.1, 0.15) is 17.2 Å². The Balaban J connectivity index is 1.91. The van der Waals surface area contributed by atoms with E-state index in [1.165, 1.54) is 0 Å². The van der Waals surface area contributed by atoms with Gasteiger partial charge >= 0.3 is 0 Å². The second-order valence-corrected chi connectivity index (χ2v) is 4.35. The maximum Gasteiger partial charge on any atom is 0.165 e. The Labute approximate surface area is 106 Å². The summed E-state index contributed by atoms with van der Waals surface area (Å²) in [6.07, 6.45) is 0.828. The van der Waals surface area contributed by atoms with Crippen molar-refractivity contribution in [1.82, 2.24) is 0 Å². The Morgan fingerprint density at radius 2 is 1.94 bits per heavy atom. The van der Waals surface area contributed by atoms with Crippen molar-refractivity contribution in [1.29, 1.82) is 0 Å². The fraction of sp³-hybridized carbons (Fsp3) is 0.200. The van der Waals surface area contributed by atoms with Gasteiger partial charge in [0.2, 0.25) is 0 Å². The van der Waals surface area contributed by atoms with Crippen LogP contribution in [-0.2, 0) is 6.42 Å². The molecule has 0 spiro atoms. The smallest absolute Gasteiger partial charge is 0.165 e. The molecule has 0 aromatic heterocycles. The van der Waals surface area contributed by atoms with E-state index in [2.05, 4.69) is 6.07 Å². The molecule has 2 aromatic carbocycles. The van der Waals surface area contributed by atoms with Crippen LogP contribution >= 0.6 is 0 Å². The Kier molecular flexibility index (Phi) is 2.59. The second-order valence-electron chi connectivity index (χ2n) is 4.35. The normalized spacial score (nSPS) is 17.1. The van der Waals surface area contributed by atoms with Crippen LogP contribution in [0.15, 0.2) is 42.5 Å². The summed E-state index contributed by atoms with van der Waals surface area (Å²) in [5, 5.41) is 9.29. The van der Waals surface area contributed by atoms with E-state index in [1.807, 2.05) is 24.3 Å². The van der Waals surface area contributed by atoms with E-state index in [4.69, 9.17) is 9.47 Å². The topological polar surface area (TPSA) is 38.7 Å². The molecule has 0 saturated heterocycles. The van der Waals surface area contributed by atoms with Crippen LogP contribution in [-0.4, -0.2) is 12.2 Å². The van der Waals surface area contributed by atoms with E-state index in [0.717, 1.165) is 29.0 Å². The highest BCUT2D eigenvalue weighted by Crippen LogP contribution is 2.42. The molecule has 1 heterocycles. The van der Waals surface area contributed by atoms with Crippen molar-refractivity contribution in [3.05, 3.63) is 53.6 Å². The molecule has 1 aliphatic rings. The molecule has 1 atom stereocenters. The van der Waals surface area contributed by atoms with Crippen molar-refractivity contribution in [3.63, 3.8) is 0 Å². The average Bonchev–Trinajstić information content (AvgIpc) is 2.83. The van der Waals surface area contributed by atoms with E-state index >= 15 is 0 Å². The molecule has 0 bridgehead atoms. The second kappa shape index (κ2) is 4.26. The van der Waals surface area contributed by atoms with Gasteiger partial charge in [-0.05, 0) is 23.8 Å². The molecule has 3 nitrogen and oxygen atoms in total. The Morgan fingerprint density at radius 1 is 1.17 bits per heavy atom. The van der Waals surface area contributed by atoms with E-state index in [1.54, 1.807) is 19.2 Å². The number of aromatic hydroxyl groups is 1.